The second kappa shape index (κ2) is 4.33. The molecule has 2 unspecified atom stereocenters. The van der Waals surface area contributed by atoms with E-state index < -0.39 is 17.3 Å². The molecule has 0 saturated carbocycles. The van der Waals surface area contributed by atoms with E-state index in [0.29, 0.717) is 6.54 Å². The van der Waals surface area contributed by atoms with Crippen LogP contribution in [0.2, 0.25) is 0 Å². The Morgan fingerprint density at radius 1 is 1.93 bits per heavy atom. The third-order valence-corrected chi connectivity index (χ3v) is 3.32. The Kier molecular flexibility index (Phi) is 3.36. The molecule has 76 valence electrons. The molecule has 1 rings (SSSR count). The number of nitriles is 1. The molecule has 1 amide bonds. The summed E-state index contributed by atoms with van der Waals surface area (Å²) in [4.78, 5) is 23.4. The number of nitrogens with zero attached hydrogens (tertiary/aromatic N) is 2. The van der Waals surface area contributed by atoms with Gasteiger partial charge in [0.05, 0.1) is 11.8 Å². The first-order valence-electron chi connectivity index (χ1n) is 4.15. The molecule has 0 aromatic heterocycles. The molecule has 0 aromatic rings. The van der Waals surface area contributed by atoms with Gasteiger partial charge in [-0.3, -0.25) is 9.59 Å². The van der Waals surface area contributed by atoms with Crippen molar-refractivity contribution < 1.29 is 14.7 Å². The summed E-state index contributed by atoms with van der Waals surface area (Å²) < 4.78 is 0. The highest BCUT2D eigenvalue weighted by Crippen LogP contribution is 2.30. The summed E-state index contributed by atoms with van der Waals surface area (Å²) in [6, 6.07) is 1.71. The highest BCUT2D eigenvalue weighted by molar-refractivity contribution is 8.01. The van der Waals surface area contributed by atoms with Crippen molar-refractivity contribution in [3.8, 4) is 6.07 Å². The molecule has 0 aromatic carbocycles. The van der Waals surface area contributed by atoms with Crippen molar-refractivity contribution in [3.05, 3.63) is 0 Å². The lowest BCUT2D eigenvalue weighted by Crippen LogP contribution is -2.39. The molecule has 1 N–H and O–H groups in total. The minimum Gasteiger partial charge on any atom is -0.480 e. The van der Waals surface area contributed by atoms with Crippen molar-refractivity contribution in [1.29, 1.82) is 5.26 Å². The zero-order valence-corrected chi connectivity index (χ0v) is 8.45. The molecule has 0 bridgehead atoms. The highest BCUT2D eigenvalue weighted by Gasteiger charge is 2.39. The van der Waals surface area contributed by atoms with Crippen LogP contribution in [0.25, 0.3) is 0 Å². The third-order valence-electron chi connectivity index (χ3n) is 2.04. The maximum absolute atomic E-state index is 11.3. The molecule has 6 heteroatoms. The Labute approximate surface area is 85.7 Å². The second-order valence-electron chi connectivity index (χ2n) is 2.83. The Morgan fingerprint density at radius 2 is 2.57 bits per heavy atom. The lowest BCUT2D eigenvalue weighted by atomic mass is 10.1. The van der Waals surface area contributed by atoms with Crippen LogP contribution in [0.4, 0.5) is 0 Å². The molecule has 0 aliphatic carbocycles. The smallest absolute Gasteiger partial charge is 0.323 e. The van der Waals surface area contributed by atoms with Gasteiger partial charge in [0.15, 0.2) is 5.92 Å². The van der Waals surface area contributed by atoms with Crippen LogP contribution in [0.15, 0.2) is 0 Å². The third kappa shape index (κ3) is 1.82. The van der Waals surface area contributed by atoms with E-state index in [1.807, 2.05) is 0 Å². The standard InChI is InChI=1S/C8H10N2O3S/c1-2-10-6(11)4-14-7(10)5(3-9)8(12)13/h5,7H,2,4H2,1H3,(H,12,13). The number of amides is 1. The quantitative estimate of drug-likeness (QED) is 0.722. The molecule has 2 atom stereocenters. The zero-order chi connectivity index (χ0) is 10.7. The highest BCUT2D eigenvalue weighted by atomic mass is 32.2. The van der Waals surface area contributed by atoms with Crippen LogP contribution in [0, 0.1) is 17.2 Å². The van der Waals surface area contributed by atoms with E-state index in [9.17, 15) is 9.59 Å². The molecule has 1 saturated heterocycles. The fourth-order valence-corrected chi connectivity index (χ4v) is 2.64. The van der Waals surface area contributed by atoms with Crippen molar-refractivity contribution in [3.63, 3.8) is 0 Å². The van der Waals surface area contributed by atoms with Gasteiger partial charge in [-0.1, -0.05) is 0 Å². The van der Waals surface area contributed by atoms with Crippen LogP contribution >= 0.6 is 11.8 Å². The van der Waals surface area contributed by atoms with Gasteiger partial charge in [0.25, 0.3) is 0 Å². The number of hydrogen-bond donors (Lipinski definition) is 1. The summed E-state index contributed by atoms with van der Waals surface area (Å²) in [6.07, 6.45) is 0. The van der Waals surface area contributed by atoms with Gasteiger partial charge in [-0.25, -0.2) is 0 Å². The summed E-state index contributed by atoms with van der Waals surface area (Å²) in [5, 5.41) is 16.9. The van der Waals surface area contributed by atoms with Gasteiger partial charge >= 0.3 is 5.97 Å². The number of carboxylic acid groups (broad SMARTS) is 1. The second-order valence-corrected chi connectivity index (χ2v) is 3.93. The van der Waals surface area contributed by atoms with Crippen LogP contribution < -0.4 is 0 Å². The fraction of sp³-hybridized carbons (Fsp3) is 0.625. The Hall–Kier alpha value is -1.22. The average Bonchev–Trinajstić information content (AvgIpc) is 2.48. The largest absolute Gasteiger partial charge is 0.480 e. The Morgan fingerprint density at radius 3 is 3.00 bits per heavy atom. The van der Waals surface area contributed by atoms with Crippen LogP contribution in [0.3, 0.4) is 0 Å². The molecule has 1 aliphatic heterocycles. The lowest BCUT2D eigenvalue weighted by molar-refractivity contribution is -0.141. The Balaban J connectivity index is 2.82. The number of aliphatic carboxylic acids is 1. The molecule has 0 radical (unpaired) electrons. The summed E-state index contributed by atoms with van der Waals surface area (Å²) in [5.41, 5.74) is 0. The van der Waals surface area contributed by atoms with E-state index in [0.717, 1.165) is 0 Å². The number of carbonyl (C=O) groups is 2. The first kappa shape index (κ1) is 10.9. The minimum atomic E-state index is -1.17. The van der Waals surface area contributed by atoms with Gasteiger partial charge in [-0.15, -0.1) is 11.8 Å². The topological polar surface area (TPSA) is 81.4 Å². The first-order valence-corrected chi connectivity index (χ1v) is 5.20. The molecule has 14 heavy (non-hydrogen) atoms. The van der Waals surface area contributed by atoms with E-state index in [4.69, 9.17) is 10.4 Å². The van der Waals surface area contributed by atoms with Crippen LogP contribution in [0.5, 0.6) is 0 Å². The molecule has 0 spiro atoms. The summed E-state index contributed by atoms with van der Waals surface area (Å²) >= 11 is 1.22. The van der Waals surface area contributed by atoms with Gasteiger partial charge in [0.2, 0.25) is 5.91 Å². The van der Waals surface area contributed by atoms with Crippen LogP contribution in [-0.2, 0) is 9.59 Å². The number of rotatable bonds is 3. The first-order chi connectivity index (χ1) is 6.61. The van der Waals surface area contributed by atoms with E-state index in [1.54, 1.807) is 13.0 Å². The molecule has 5 nitrogen and oxygen atoms in total. The molecular weight excluding hydrogens is 204 g/mol. The number of thioether (sulfide) groups is 1. The predicted molar refractivity (Wildman–Crippen MR) is 50.4 cm³/mol. The number of hydrogen-bond acceptors (Lipinski definition) is 4. The van der Waals surface area contributed by atoms with E-state index in [1.165, 1.54) is 16.7 Å². The van der Waals surface area contributed by atoms with Gasteiger partial charge in [0.1, 0.15) is 5.37 Å². The van der Waals surface area contributed by atoms with E-state index >= 15 is 0 Å². The molecule has 1 fully saturated rings. The van der Waals surface area contributed by atoms with Crippen LogP contribution in [0.1, 0.15) is 6.92 Å². The minimum absolute atomic E-state index is 0.0935. The molecule has 1 aliphatic rings. The van der Waals surface area contributed by atoms with Gasteiger partial charge in [0, 0.05) is 6.54 Å². The summed E-state index contributed by atoms with van der Waals surface area (Å²) in [5.74, 6) is -2.13. The van der Waals surface area contributed by atoms with Crippen molar-refractivity contribution >= 4 is 23.6 Å². The summed E-state index contributed by atoms with van der Waals surface area (Å²) in [7, 11) is 0. The maximum Gasteiger partial charge on any atom is 0.323 e. The maximum atomic E-state index is 11.3. The molecule has 1 heterocycles. The fourth-order valence-electron chi connectivity index (χ4n) is 1.34. The number of carboxylic acids is 1. The lowest BCUT2D eigenvalue weighted by Gasteiger charge is -2.23. The van der Waals surface area contributed by atoms with E-state index in [2.05, 4.69) is 0 Å². The normalized spacial score (nSPS) is 23.3. The van der Waals surface area contributed by atoms with Crippen molar-refractivity contribution in [2.45, 2.75) is 12.3 Å². The van der Waals surface area contributed by atoms with E-state index in [-0.39, 0.29) is 11.7 Å². The van der Waals surface area contributed by atoms with Gasteiger partial charge in [-0.05, 0) is 6.92 Å². The van der Waals surface area contributed by atoms with Gasteiger partial charge < -0.3 is 10.0 Å². The van der Waals surface area contributed by atoms with Crippen molar-refractivity contribution in [2.24, 2.45) is 5.92 Å². The monoisotopic (exact) mass is 214 g/mol. The average molecular weight is 214 g/mol. The van der Waals surface area contributed by atoms with Crippen LogP contribution in [-0.4, -0.2) is 39.6 Å². The van der Waals surface area contributed by atoms with Gasteiger partial charge in [-0.2, -0.15) is 5.26 Å². The predicted octanol–water partition coefficient (Wildman–Crippen LogP) is 0.132. The zero-order valence-electron chi connectivity index (χ0n) is 7.64. The van der Waals surface area contributed by atoms with Crippen molar-refractivity contribution in [1.82, 2.24) is 4.90 Å². The number of carbonyl (C=O) groups excluding carboxylic acids is 1. The summed E-state index contributed by atoms with van der Waals surface area (Å²) in [6.45, 7) is 2.22. The Bertz CT molecular complexity index is 299. The van der Waals surface area contributed by atoms with Crippen molar-refractivity contribution in [2.75, 3.05) is 12.3 Å². The SMILES string of the molecule is CCN1C(=O)CSC1C(C#N)C(=O)O. The molecular formula is C8H10N2O3S.